The Bertz CT molecular complexity index is 787. The SMILES string of the molecule is CCOc1ccc(NC(=O)N[C@H](C)N2C(=O)[C@H]3[C@H](C2=O)[C@H]2C=C[C@H]3CC2)cc1. The average Bonchev–Trinajstić information content (AvgIpc) is 2.97. The Morgan fingerprint density at radius 1 is 1.11 bits per heavy atom. The van der Waals surface area contributed by atoms with Crippen molar-refractivity contribution in [2.45, 2.75) is 32.9 Å². The zero-order valence-electron chi connectivity index (χ0n) is 16.1. The number of allylic oxidation sites excluding steroid dienone is 2. The molecule has 1 saturated carbocycles. The van der Waals surface area contributed by atoms with Gasteiger partial charge in [0.1, 0.15) is 11.9 Å². The standard InChI is InChI=1S/C21H25N3O4/c1-3-28-16-10-8-15(9-11-16)23-21(27)22-12(2)24-19(25)17-13-4-5-14(7-6-13)18(17)20(24)26/h4-5,8-14,17-18H,3,6-7H2,1-2H3,(H2,22,23,27)/t12-,13-,14-,17+,18+/m0/s1. The summed E-state index contributed by atoms with van der Waals surface area (Å²) in [4.78, 5) is 39.4. The summed E-state index contributed by atoms with van der Waals surface area (Å²) < 4.78 is 5.38. The van der Waals surface area contributed by atoms with Crippen molar-refractivity contribution in [3.63, 3.8) is 0 Å². The lowest BCUT2D eigenvalue weighted by molar-refractivity contribution is -0.142. The highest BCUT2D eigenvalue weighted by Gasteiger charge is 2.57. The Balaban J connectivity index is 1.39. The molecule has 0 aromatic heterocycles. The van der Waals surface area contributed by atoms with Crippen LogP contribution < -0.4 is 15.4 Å². The molecule has 28 heavy (non-hydrogen) atoms. The van der Waals surface area contributed by atoms with Crippen molar-refractivity contribution < 1.29 is 19.1 Å². The third-order valence-electron chi connectivity index (χ3n) is 5.94. The molecule has 1 aromatic rings. The van der Waals surface area contributed by atoms with Crippen LogP contribution in [0.4, 0.5) is 10.5 Å². The molecule has 148 valence electrons. The maximum absolute atomic E-state index is 12.9. The molecule has 3 aliphatic carbocycles. The van der Waals surface area contributed by atoms with Crippen molar-refractivity contribution in [2.24, 2.45) is 23.7 Å². The number of urea groups is 1. The van der Waals surface area contributed by atoms with Crippen LogP contribution in [-0.4, -0.2) is 35.5 Å². The van der Waals surface area contributed by atoms with E-state index in [9.17, 15) is 14.4 Å². The molecule has 7 nitrogen and oxygen atoms in total. The molecule has 1 heterocycles. The molecule has 0 radical (unpaired) electrons. The van der Waals surface area contributed by atoms with E-state index < -0.39 is 12.2 Å². The van der Waals surface area contributed by atoms with Gasteiger partial charge in [-0.25, -0.2) is 4.79 Å². The van der Waals surface area contributed by atoms with E-state index in [0.717, 1.165) is 18.6 Å². The molecule has 7 heteroatoms. The predicted octanol–water partition coefficient (Wildman–Crippen LogP) is 2.75. The summed E-state index contributed by atoms with van der Waals surface area (Å²) in [5, 5.41) is 5.43. The molecule has 4 aliphatic rings. The van der Waals surface area contributed by atoms with Crippen LogP contribution in [0, 0.1) is 23.7 Å². The molecular formula is C21H25N3O4. The van der Waals surface area contributed by atoms with E-state index in [2.05, 4.69) is 22.8 Å². The lowest BCUT2D eigenvalue weighted by atomic mass is 9.63. The number of anilines is 1. The molecule has 2 bridgehead atoms. The first-order valence-corrected chi connectivity index (χ1v) is 9.85. The summed E-state index contributed by atoms with van der Waals surface area (Å²) in [6, 6.07) is 6.54. The molecule has 1 aromatic carbocycles. The van der Waals surface area contributed by atoms with Gasteiger partial charge in [-0.05, 0) is 62.8 Å². The van der Waals surface area contributed by atoms with Crippen LogP contribution in [0.15, 0.2) is 36.4 Å². The van der Waals surface area contributed by atoms with Gasteiger partial charge in [0, 0.05) is 5.69 Å². The van der Waals surface area contributed by atoms with E-state index in [-0.39, 0.29) is 35.5 Å². The molecule has 1 saturated heterocycles. The number of rotatable bonds is 5. The summed E-state index contributed by atoms with van der Waals surface area (Å²) in [7, 11) is 0. The van der Waals surface area contributed by atoms with Gasteiger partial charge >= 0.3 is 6.03 Å². The van der Waals surface area contributed by atoms with Gasteiger partial charge in [0.25, 0.3) is 0 Å². The first-order valence-electron chi connectivity index (χ1n) is 9.85. The number of carbonyl (C=O) groups excluding carboxylic acids is 3. The first kappa shape index (κ1) is 18.5. The number of imide groups is 1. The topological polar surface area (TPSA) is 87.7 Å². The van der Waals surface area contributed by atoms with E-state index >= 15 is 0 Å². The van der Waals surface area contributed by atoms with E-state index in [4.69, 9.17) is 4.74 Å². The van der Waals surface area contributed by atoms with Gasteiger partial charge in [0.15, 0.2) is 0 Å². The molecule has 0 unspecified atom stereocenters. The second-order valence-corrected chi connectivity index (χ2v) is 7.62. The third kappa shape index (κ3) is 3.15. The van der Waals surface area contributed by atoms with Crippen molar-refractivity contribution in [3.8, 4) is 5.75 Å². The number of amides is 4. The van der Waals surface area contributed by atoms with Crippen LogP contribution in [-0.2, 0) is 9.59 Å². The molecule has 0 spiro atoms. The Labute approximate surface area is 164 Å². The summed E-state index contributed by atoms with van der Waals surface area (Å²) >= 11 is 0. The highest BCUT2D eigenvalue weighted by atomic mass is 16.5. The molecule has 2 fully saturated rings. The maximum atomic E-state index is 12.9. The van der Waals surface area contributed by atoms with Crippen LogP contribution >= 0.6 is 0 Å². The number of nitrogens with one attached hydrogen (secondary N) is 2. The largest absolute Gasteiger partial charge is 0.494 e. The molecular weight excluding hydrogens is 358 g/mol. The Morgan fingerprint density at radius 2 is 1.68 bits per heavy atom. The predicted molar refractivity (Wildman–Crippen MR) is 103 cm³/mol. The van der Waals surface area contributed by atoms with Crippen LogP contribution in [0.5, 0.6) is 5.75 Å². The second-order valence-electron chi connectivity index (χ2n) is 7.62. The molecule has 2 N–H and O–H groups in total. The minimum atomic E-state index is -0.701. The fraction of sp³-hybridized carbons (Fsp3) is 0.476. The zero-order chi connectivity index (χ0) is 19.8. The molecule has 5 rings (SSSR count). The first-order chi connectivity index (χ1) is 13.5. The van der Waals surface area contributed by atoms with Crippen molar-refractivity contribution in [2.75, 3.05) is 11.9 Å². The summed E-state index contributed by atoms with van der Waals surface area (Å²) in [6.07, 6.45) is 5.37. The monoisotopic (exact) mass is 383 g/mol. The van der Waals surface area contributed by atoms with Gasteiger partial charge in [-0.3, -0.25) is 14.5 Å². The second kappa shape index (κ2) is 7.30. The fourth-order valence-electron chi connectivity index (χ4n) is 4.70. The highest BCUT2D eigenvalue weighted by Crippen LogP contribution is 2.49. The number of carbonyl (C=O) groups is 3. The highest BCUT2D eigenvalue weighted by molar-refractivity contribution is 6.06. The number of ether oxygens (including phenoxy) is 1. The maximum Gasteiger partial charge on any atom is 0.320 e. The lowest BCUT2D eigenvalue weighted by Gasteiger charge is -2.38. The molecule has 5 atom stereocenters. The Kier molecular flexibility index (Phi) is 4.83. The van der Waals surface area contributed by atoms with Crippen LogP contribution in [0.25, 0.3) is 0 Å². The van der Waals surface area contributed by atoms with Crippen LogP contribution in [0.3, 0.4) is 0 Å². The van der Waals surface area contributed by atoms with E-state index in [1.807, 2.05) is 6.92 Å². The van der Waals surface area contributed by atoms with Gasteiger partial charge < -0.3 is 15.4 Å². The number of hydrogen-bond acceptors (Lipinski definition) is 4. The van der Waals surface area contributed by atoms with Crippen molar-refractivity contribution in [1.29, 1.82) is 0 Å². The van der Waals surface area contributed by atoms with Crippen LogP contribution in [0.2, 0.25) is 0 Å². The average molecular weight is 383 g/mol. The van der Waals surface area contributed by atoms with Crippen molar-refractivity contribution in [1.82, 2.24) is 10.2 Å². The summed E-state index contributed by atoms with van der Waals surface area (Å²) in [5.74, 6) is 0.138. The van der Waals surface area contributed by atoms with Crippen LogP contribution in [0.1, 0.15) is 26.7 Å². The summed E-state index contributed by atoms with van der Waals surface area (Å²) in [6.45, 7) is 4.14. The van der Waals surface area contributed by atoms with Gasteiger partial charge in [-0.1, -0.05) is 12.2 Å². The van der Waals surface area contributed by atoms with E-state index in [0.29, 0.717) is 12.3 Å². The van der Waals surface area contributed by atoms with Crippen molar-refractivity contribution in [3.05, 3.63) is 36.4 Å². The Morgan fingerprint density at radius 3 is 2.18 bits per heavy atom. The Hall–Kier alpha value is -2.83. The van der Waals surface area contributed by atoms with Gasteiger partial charge in [-0.15, -0.1) is 0 Å². The number of fused-ring (bicyclic) bond motifs is 1. The third-order valence-corrected chi connectivity index (χ3v) is 5.94. The number of nitrogens with zero attached hydrogens (tertiary/aromatic N) is 1. The normalized spacial score (nSPS) is 28.9. The number of hydrogen-bond donors (Lipinski definition) is 2. The number of benzene rings is 1. The lowest BCUT2D eigenvalue weighted by Crippen LogP contribution is -2.50. The van der Waals surface area contributed by atoms with Gasteiger partial charge in [0.2, 0.25) is 11.8 Å². The number of likely N-dealkylation sites (tertiary alicyclic amines) is 1. The van der Waals surface area contributed by atoms with E-state index in [1.54, 1.807) is 31.2 Å². The fourth-order valence-corrected chi connectivity index (χ4v) is 4.70. The summed E-state index contributed by atoms with van der Waals surface area (Å²) in [5.41, 5.74) is 0.600. The van der Waals surface area contributed by atoms with Gasteiger partial charge in [0.05, 0.1) is 18.4 Å². The van der Waals surface area contributed by atoms with Crippen molar-refractivity contribution >= 4 is 23.5 Å². The minimum absolute atomic E-state index is 0.140. The minimum Gasteiger partial charge on any atom is -0.494 e. The molecule has 1 aliphatic heterocycles. The smallest absolute Gasteiger partial charge is 0.320 e. The van der Waals surface area contributed by atoms with Gasteiger partial charge in [-0.2, -0.15) is 0 Å². The quantitative estimate of drug-likeness (QED) is 0.605. The zero-order valence-corrected chi connectivity index (χ0v) is 16.1. The van der Waals surface area contributed by atoms with E-state index in [1.165, 1.54) is 4.90 Å². The molecule has 4 amide bonds.